The quantitative estimate of drug-likeness (QED) is 0.649. The minimum absolute atomic E-state index is 0.0578. The molecular weight excluding hydrogens is 313 g/mol. The third kappa shape index (κ3) is 4.65. The highest BCUT2D eigenvalue weighted by atomic mass is 19.4. The predicted octanol–water partition coefficient (Wildman–Crippen LogP) is 2.13. The normalized spacial score (nSPS) is 17.1. The average molecular weight is 330 g/mol. The van der Waals surface area contributed by atoms with Crippen LogP contribution in [-0.4, -0.2) is 35.0 Å². The molecule has 1 aliphatic heterocycles. The molecule has 0 aliphatic carbocycles. The fourth-order valence-electron chi connectivity index (χ4n) is 2.16. The van der Waals surface area contributed by atoms with Crippen LogP contribution in [0.1, 0.15) is 35.8 Å². The molecule has 23 heavy (non-hydrogen) atoms. The number of carbonyl (C=O) groups excluding carboxylic acids is 1. The Hall–Kier alpha value is -2.16. The van der Waals surface area contributed by atoms with Crippen LogP contribution >= 0.6 is 0 Å². The van der Waals surface area contributed by atoms with E-state index in [9.17, 15) is 18.0 Å². The van der Waals surface area contributed by atoms with Gasteiger partial charge in [-0.05, 0) is 19.8 Å². The summed E-state index contributed by atoms with van der Waals surface area (Å²) >= 11 is 0. The highest BCUT2D eigenvalue weighted by Gasteiger charge is 2.37. The van der Waals surface area contributed by atoms with Crippen molar-refractivity contribution in [3.8, 4) is 0 Å². The summed E-state index contributed by atoms with van der Waals surface area (Å²) < 4.78 is 44.7. The monoisotopic (exact) mass is 330 g/mol. The molecule has 0 radical (unpaired) electrons. The number of allylic oxidation sites excluding steroid dienone is 2. The number of anilines is 1. The third-order valence-electron chi connectivity index (χ3n) is 3.24. The van der Waals surface area contributed by atoms with Crippen molar-refractivity contribution in [2.75, 3.05) is 18.5 Å². The van der Waals surface area contributed by atoms with E-state index in [1.165, 1.54) is 6.92 Å². The number of nitrogens with zero attached hydrogens (tertiary/aromatic N) is 2. The van der Waals surface area contributed by atoms with Gasteiger partial charge in [-0.3, -0.25) is 4.79 Å². The van der Waals surface area contributed by atoms with Crippen molar-refractivity contribution in [2.24, 2.45) is 5.73 Å². The molecule has 0 saturated carbocycles. The van der Waals surface area contributed by atoms with Crippen LogP contribution in [-0.2, 0) is 10.9 Å². The van der Waals surface area contributed by atoms with Gasteiger partial charge in [0.05, 0.1) is 5.56 Å². The average Bonchev–Trinajstić information content (AvgIpc) is 2.46. The van der Waals surface area contributed by atoms with E-state index in [1.54, 1.807) is 0 Å². The third-order valence-corrected chi connectivity index (χ3v) is 3.24. The van der Waals surface area contributed by atoms with Crippen molar-refractivity contribution in [2.45, 2.75) is 32.0 Å². The Bertz CT molecular complexity index is 607. The van der Waals surface area contributed by atoms with E-state index in [4.69, 9.17) is 10.5 Å². The van der Waals surface area contributed by atoms with E-state index >= 15 is 0 Å². The molecule has 0 amide bonds. The number of nitrogens with one attached hydrogen (secondary N) is 1. The molecule has 9 heteroatoms. The van der Waals surface area contributed by atoms with Crippen molar-refractivity contribution in [3.05, 3.63) is 29.2 Å². The molecule has 2 rings (SSSR count). The SMILES string of the molecule is CC(N)=CC(=O)c1cnc(NC2CCOCC2)nc1C(F)(F)F. The number of aromatic nitrogens is 2. The number of carbonyl (C=O) groups is 1. The molecule has 1 fully saturated rings. The number of alkyl halides is 3. The maximum atomic E-state index is 13.2. The smallest absolute Gasteiger partial charge is 0.402 e. The fourth-order valence-corrected chi connectivity index (χ4v) is 2.16. The summed E-state index contributed by atoms with van der Waals surface area (Å²) in [6, 6.07) is -0.0578. The van der Waals surface area contributed by atoms with E-state index in [-0.39, 0.29) is 17.7 Å². The van der Waals surface area contributed by atoms with Crippen molar-refractivity contribution < 1.29 is 22.7 Å². The lowest BCUT2D eigenvalue weighted by molar-refractivity contribution is -0.141. The van der Waals surface area contributed by atoms with Gasteiger partial charge in [0, 0.05) is 37.2 Å². The number of ether oxygens (including phenoxy) is 1. The summed E-state index contributed by atoms with van der Waals surface area (Å²) in [5, 5.41) is 2.85. The number of rotatable bonds is 4. The first-order valence-electron chi connectivity index (χ1n) is 7.04. The van der Waals surface area contributed by atoms with Crippen LogP contribution in [0, 0.1) is 0 Å². The van der Waals surface area contributed by atoms with Crippen LogP contribution in [0.4, 0.5) is 19.1 Å². The summed E-state index contributed by atoms with van der Waals surface area (Å²) in [4.78, 5) is 19.2. The van der Waals surface area contributed by atoms with Gasteiger partial charge >= 0.3 is 6.18 Å². The maximum Gasteiger partial charge on any atom is 0.434 e. The molecule has 0 aromatic carbocycles. The number of halogens is 3. The topological polar surface area (TPSA) is 90.1 Å². The molecule has 126 valence electrons. The standard InChI is InChI=1S/C14H17F3N4O2/c1-8(18)6-11(22)10-7-19-13(21-12(10)14(15,16)17)20-9-2-4-23-5-3-9/h6-7,9H,2-5,18H2,1H3,(H,19,20,21). The van der Waals surface area contributed by atoms with E-state index in [0.29, 0.717) is 26.1 Å². The zero-order valence-electron chi connectivity index (χ0n) is 12.5. The molecule has 6 nitrogen and oxygen atoms in total. The summed E-state index contributed by atoms with van der Waals surface area (Å²) in [7, 11) is 0. The van der Waals surface area contributed by atoms with Gasteiger partial charge in [0.2, 0.25) is 5.95 Å². The summed E-state index contributed by atoms with van der Waals surface area (Å²) in [6.45, 7) is 2.47. The summed E-state index contributed by atoms with van der Waals surface area (Å²) in [5.41, 5.74) is 3.54. The molecule has 1 aliphatic rings. The maximum absolute atomic E-state index is 13.2. The first kappa shape index (κ1) is 17.2. The zero-order chi connectivity index (χ0) is 17.0. The number of ketones is 1. The van der Waals surface area contributed by atoms with Gasteiger partial charge in [-0.25, -0.2) is 9.97 Å². The zero-order valence-corrected chi connectivity index (χ0v) is 12.5. The number of hydrogen-bond donors (Lipinski definition) is 2. The Morgan fingerprint density at radius 3 is 2.65 bits per heavy atom. The molecular formula is C14H17F3N4O2. The number of nitrogens with two attached hydrogens (primary N) is 1. The van der Waals surface area contributed by atoms with Gasteiger partial charge in [-0.15, -0.1) is 0 Å². The second kappa shape index (κ2) is 6.95. The predicted molar refractivity (Wildman–Crippen MR) is 76.8 cm³/mol. The van der Waals surface area contributed by atoms with Crippen molar-refractivity contribution in [1.29, 1.82) is 0 Å². The highest BCUT2D eigenvalue weighted by molar-refractivity contribution is 6.05. The molecule has 1 saturated heterocycles. The lowest BCUT2D eigenvalue weighted by Crippen LogP contribution is -2.29. The molecule has 3 N–H and O–H groups in total. The van der Waals surface area contributed by atoms with Gasteiger partial charge in [0.15, 0.2) is 11.5 Å². The molecule has 2 heterocycles. The van der Waals surface area contributed by atoms with Gasteiger partial charge in [0.25, 0.3) is 0 Å². The molecule has 0 atom stereocenters. The minimum Gasteiger partial charge on any atom is -0.402 e. The molecule has 1 aromatic rings. The first-order valence-corrected chi connectivity index (χ1v) is 7.04. The second-order valence-electron chi connectivity index (χ2n) is 5.24. The lowest BCUT2D eigenvalue weighted by atomic mass is 10.1. The lowest BCUT2D eigenvalue weighted by Gasteiger charge is -2.23. The Kier molecular flexibility index (Phi) is 5.19. The number of hydrogen-bond acceptors (Lipinski definition) is 6. The Morgan fingerprint density at radius 1 is 1.43 bits per heavy atom. The van der Waals surface area contributed by atoms with Gasteiger partial charge in [-0.2, -0.15) is 13.2 Å². The van der Waals surface area contributed by atoms with E-state index in [1.807, 2.05) is 0 Å². The molecule has 0 bridgehead atoms. The fraction of sp³-hybridized carbons (Fsp3) is 0.500. The van der Waals surface area contributed by atoms with Crippen LogP contribution in [0.5, 0.6) is 0 Å². The van der Waals surface area contributed by atoms with Gasteiger partial charge < -0.3 is 15.8 Å². The van der Waals surface area contributed by atoms with Crippen LogP contribution in [0.25, 0.3) is 0 Å². The summed E-state index contributed by atoms with van der Waals surface area (Å²) in [5.74, 6) is -1.04. The van der Waals surface area contributed by atoms with Crippen LogP contribution in [0.2, 0.25) is 0 Å². The molecule has 0 unspecified atom stereocenters. The van der Waals surface area contributed by atoms with Crippen LogP contribution in [0.3, 0.4) is 0 Å². The van der Waals surface area contributed by atoms with Crippen LogP contribution in [0.15, 0.2) is 18.0 Å². The van der Waals surface area contributed by atoms with Crippen molar-refractivity contribution in [3.63, 3.8) is 0 Å². The van der Waals surface area contributed by atoms with Crippen LogP contribution < -0.4 is 11.1 Å². The van der Waals surface area contributed by atoms with E-state index in [2.05, 4.69) is 15.3 Å². The van der Waals surface area contributed by atoms with E-state index in [0.717, 1.165) is 12.3 Å². The Labute approximate surface area is 130 Å². The molecule has 0 spiro atoms. The van der Waals surface area contributed by atoms with Gasteiger partial charge in [-0.1, -0.05) is 0 Å². The van der Waals surface area contributed by atoms with E-state index < -0.39 is 23.2 Å². The van der Waals surface area contributed by atoms with Crippen molar-refractivity contribution in [1.82, 2.24) is 9.97 Å². The first-order chi connectivity index (χ1) is 10.8. The highest BCUT2D eigenvalue weighted by Crippen LogP contribution is 2.31. The Morgan fingerprint density at radius 2 is 2.09 bits per heavy atom. The second-order valence-corrected chi connectivity index (χ2v) is 5.24. The van der Waals surface area contributed by atoms with Crippen molar-refractivity contribution >= 4 is 11.7 Å². The Balaban J connectivity index is 2.30. The summed E-state index contributed by atoms with van der Waals surface area (Å²) in [6.07, 6.45) is -1.67. The minimum atomic E-state index is -4.77. The van der Waals surface area contributed by atoms with Gasteiger partial charge in [0.1, 0.15) is 0 Å². The largest absolute Gasteiger partial charge is 0.434 e. The molecule has 1 aromatic heterocycles.